The molecule has 162 valence electrons. The lowest BCUT2D eigenvalue weighted by Crippen LogP contribution is -2.31. The van der Waals surface area contributed by atoms with Gasteiger partial charge in [0.25, 0.3) is 11.7 Å². The number of hydrogen-bond donors (Lipinski definition) is 2. The van der Waals surface area contributed by atoms with E-state index in [2.05, 4.69) is 0 Å². The number of aryl methyl sites for hydroxylation is 1. The predicted octanol–water partition coefficient (Wildman–Crippen LogP) is 3.35. The van der Waals surface area contributed by atoms with E-state index in [0.717, 1.165) is 11.3 Å². The summed E-state index contributed by atoms with van der Waals surface area (Å²) in [6.07, 6.45) is 0.0897. The number of carboxylic acid groups (broad SMARTS) is 1. The van der Waals surface area contributed by atoms with Crippen molar-refractivity contribution in [1.29, 1.82) is 0 Å². The summed E-state index contributed by atoms with van der Waals surface area (Å²) < 4.78 is 0. The van der Waals surface area contributed by atoms with Crippen LogP contribution in [0.2, 0.25) is 0 Å². The molecular weight excluding hydrogens is 396 g/mol. The highest BCUT2D eigenvalue weighted by Gasteiger charge is 2.45. The van der Waals surface area contributed by atoms with Gasteiger partial charge in [-0.3, -0.25) is 14.4 Å². The molecule has 0 radical (unpaired) electrons. The van der Waals surface area contributed by atoms with Crippen LogP contribution < -0.4 is 4.90 Å². The maximum atomic E-state index is 12.9. The minimum Gasteiger partial charge on any atom is -0.507 e. The number of rotatable bonds is 7. The molecule has 1 heterocycles. The molecular formula is C24H26N2O5. The maximum Gasteiger partial charge on any atom is 0.303 e. The largest absolute Gasteiger partial charge is 0.507 e. The van der Waals surface area contributed by atoms with Gasteiger partial charge in [0.15, 0.2) is 0 Å². The summed E-state index contributed by atoms with van der Waals surface area (Å²) in [5.41, 5.74) is 3.09. The van der Waals surface area contributed by atoms with Gasteiger partial charge in [0, 0.05) is 38.3 Å². The minimum absolute atomic E-state index is 0.0155. The fraction of sp³-hybridized carbons (Fsp3) is 0.292. The molecule has 2 aromatic rings. The topological polar surface area (TPSA) is 98.2 Å². The number of amides is 1. The second-order valence-corrected chi connectivity index (χ2v) is 7.84. The van der Waals surface area contributed by atoms with E-state index < -0.39 is 23.7 Å². The maximum absolute atomic E-state index is 12.9. The van der Waals surface area contributed by atoms with Crippen molar-refractivity contribution in [1.82, 2.24) is 4.90 Å². The van der Waals surface area contributed by atoms with E-state index in [1.54, 1.807) is 12.1 Å². The number of hydrogen-bond acceptors (Lipinski definition) is 5. The van der Waals surface area contributed by atoms with Crippen molar-refractivity contribution >= 4 is 29.1 Å². The van der Waals surface area contributed by atoms with Gasteiger partial charge >= 0.3 is 5.97 Å². The second-order valence-electron chi connectivity index (χ2n) is 7.84. The SMILES string of the molecule is Cc1ccc(C(O)=C2C(=O)C(=O)N(CCCC(=O)O)[C@H]2c2ccc(N(C)C)cc2)cc1. The van der Waals surface area contributed by atoms with Crippen LogP contribution in [0.25, 0.3) is 5.76 Å². The molecule has 1 aliphatic heterocycles. The lowest BCUT2D eigenvalue weighted by Gasteiger charge is -2.25. The third-order valence-electron chi connectivity index (χ3n) is 5.38. The van der Waals surface area contributed by atoms with Crippen LogP contribution in [0.15, 0.2) is 54.1 Å². The third-order valence-corrected chi connectivity index (χ3v) is 5.38. The lowest BCUT2D eigenvalue weighted by atomic mass is 9.94. The standard InChI is InChI=1S/C24H26N2O5/c1-15-6-8-17(9-7-15)22(29)20-21(16-10-12-18(13-11-16)25(2)3)26(24(31)23(20)30)14-4-5-19(27)28/h6-13,21,29H,4-5,14H2,1-3H3,(H,27,28)/t21-/m0/s1. The van der Waals surface area contributed by atoms with Gasteiger partial charge in [0.05, 0.1) is 11.6 Å². The van der Waals surface area contributed by atoms with Crippen LogP contribution in [-0.2, 0) is 14.4 Å². The van der Waals surface area contributed by atoms with E-state index in [1.807, 2.05) is 62.3 Å². The quantitative estimate of drug-likeness (QED) is 0.403. The highest BCUT2D eigenvalue weighted by Crippen LogP contribution is 2.40. The number of ketones is 1. The number of carbonyl (C=O) groups excluding carboxylic acids is 2. The summed E-state index contributed by atoms with van der Waals surface area (Å²) in [5.74, 6) is -2.71. The molecule has 2 aromatic carbocycles. The van der Waals surface area contributed by atoms with Gasteiger partial charge in [-0.15, -0.1) is 0 Å². The van der Waals surface area contributed by atoms with E-state index in [0.29, 0.717) is 11.1 Å². The molecule has 2 N–H and O–H groups in total. The number of nitrogens with zero attached hydrogens (tertiary/aromatic N) is 2. The molecule has 31 heavy (non-hydrogen) atoms. The van der Waals surface area contributed by atoms with Crippen molar-refractivity contribution < 1.29 is 24.6 Å². The first-order valence-electron chi connectivity index (χ1n) is 10.0. The molecule has 1 saturated heterocycles. The Labute approximate surface area is 181 Å². The van der Waals surface area contributed by atoms with Gasteiger partial charge in [-0.25, -0.2) is 0 Å². The average Bonchev–Trinajstić information content (AvgIpc) is 2.98. The first-order valence-corrected chi connectivity index (χ1v) is 10.0. The molecule has 7 nitrogen and oxygen atoms in total. The molecule has 0 aliphatic carbocycles. The molecule has 0 bridgehead atoms. The van der Waals surface area contributed by atoms with Crippen molar-refractivity contribution in [3.05, 3.63) is 70.8 Å². The second kappa shape index (κ2) is 9.04. The Hall–Kier alpha value is -3.61. The molecule has 1 fully saturated rings. The molecule has 0 saturated carbocycles. The van der Waals surface area contributed by atoms with Gasteiger partial charge in [-0.1, -0.05) is 42.0 Å². The van der Waals surface area contributed by atoms with Crippen LogP contribution in [0.5, 0.6) is 0 Å². The summed E-state index contributed by atoms with van der Waals surface area (Å²) >= 11 is 0. The molecule has 3 rings (SSSR count). The number of carbonyl (C=O) groups is 3. The summed E-state index contributed by atoms with van der Waals surface area (Å²) in [6, 6.07) is 13.6. The summed E-state index contributed by atoms with van der Waals surface area (Å²) in [7, 11) is 3.81. The number of aliphatic hydroxyl groups is 1. The number of aliphatic carboxylic acids is 1. The number of Topliss-reactive ketones (excluding diaryl/α,β-unsaturated/α-hetero) is 1. The zero-order valence-corrected chi connectivity index (χ0v) is 17.8. The van der Waals surface area contributed by atoms with Crippen molar-refractivity contribution in [3.8, 4) is 0 Å². The first-order chi connectivity index (χ1) is 14.7. The lowest BCUT2D eigenvalue weighted by molar-refractivity contribution is -0.140. The van der Waals surface area contributed by atoms with Crippen molar-refractivity contribution in [3.63, 3.8) is 0 Å². The number of aliphatic hydroxyl groups excluding tert-OH is 1. The van der Waals surface area contributed by atoms with Gasteiger partial charge in [-0.05, 0) is 31.0 Å². The third kappa shape index (κ3) is 4.60. The Morgan fingerprint density at radius 2 is 1.61 bits per heavy atom. The average molecular weight is 422 g/mol. The van der Waals surface area contributed by atoms with E-state index in [9.17, 15) is 19.5 Å². The smallest absolute Gasteiger partial charge is 0.303 e. The Morgan fingerprint density at radius 3 is 2.16 bits per heavy atom. The summed E-state index contributed by atoms with van der Waals surface area (Å²) in [6.45, 7) is 2.01. The Balaban J connectivity index is 2.09. The minimum atomic E-state index is -0.969. The molecule has 1 atom stereocenters. The zero-order chi connectivity index (χ0) is 22.7. The predicted molar refractivity (Wildman–Crippen MR) is 118 cm³/mol. The highest BCUT2D eigenvalue weighted by atomic mass is 16.4. The van der Waals surface area contributed by atoms with E-state index in [1.165, 1.54) is 4.90 Å². The normalized spacial score (nSPS) is 17.8. The van der Waals surface area contributed by atoms with Crippen LogP contribution in [0.4, 0.5) is 5.69 Å². The van der Waals surface area contributed by atoms with Crippen LogP contribution in [0, 0.1) is 6.92 Å². The fourth-order valence-electron chi connectivity index (χ4n) is 3.68. The molecule has 0 aromatic heterocycles. The Kier molecular flexibility index (Phi) is 6.44. The van der Waals surface area contributed by atoms with Gasteiger partial charge in [0.2, 0.25) is 0 Å². The van der Waals surface area contributed by atoms with E-state index >= 15 is 0 Å². The highest BCUT2D eigenvalue weighted by molar-refractivity contribution is 6.46. The first kappa shape index (κ1) is 22.1. The molecule has 0 spiro atoms. The number of carboxylic acids is 1. The molecule has 1 aliphatic rings. The fourth-order valence-corrected chi connectivity index (χ4v) is 3.68. The van der Waals surface area contributed by atoms with Crippen molar-refractivity contribution in [2.45, 2.75) is 25.8 Å². The number of likely N-dealkylation sites (tertiary alicyclic amines) is 1. The van der Waals surface area contributed by atoms with Crippen LogP contribution in [0.3, 0.4) is 0 Å². The van der Waals surface area contributed by atoms with E-state index in [-0.39, 0.29) is 30.7 Å². The van der Waals surface area contributed by atoms with Gasteiger partial charge in [-0.2, -0.15) is 0 Å². The summed E-state index contributed by atoms with van der Waals surface area (Å²) in [4.78, 5) is 40.0. The van der Waals surface area contributed by atoms with Gasteiger partial charge in [0.1, 0.15) is 5.76 Å². The van der Waals surface area contributed by atoms with Gasteiger partial charge < -0.3 is 20.0 Å². The molecule has 0 unspecified atom stereocenters. The molecule has 7 heteroatoms. The van der Waals surface area contributed by atoms with Crippen molar-refractivity contribution in [2.24, 2.45) is 0 Å². The zero-order valence-electron chi connectivity index (χ0n) is 17.8. The molecule has 1 amide bonds. The van der Waals surface area contributed by atoms with Crippen LogP contribution >= 0.6 is 0 Å². The number of anilines is 1. The Morgan fingerprint density at radius 1 is 1.00 bits per heavy atom. The monoisotopic (exact) mass is 422 g/mol. The van der Waals surface area contributed by atoms with Crippen molar-refractivity contribution in [2.75, 3.05) is 25.5 Å². The Bertz CT molecular complexity index is 1020. The van der Waals surface area contributed by atoms with E-state index in [4.69, 9.17) is 5.11 Å². The van der Waals surface area contributed by atoms with Crippen LogP contribution in [0.1, 0.15) is 35.6 Å². The van der Waals surface area contributed by atoms with Crippen LogP contribution in [-0.4, -0.2) is 53.4 Å². The summed E-state index contributed by atoms with van der Waals surface area (Å²) in [5, 5.41) is 19.9. The number of benzene rings is 2.